The smallest absolute Gasteiger partial charge is 0.497 e. The van der Waals surface area contributed by atoms with Crippen LogP contribution in [-0.2, 0) is 14.3 Å². The molecule has 194 valence electrons. The minimum Gasteiger partial charge on any atom is -0.497 e. The van der Waals surface area contributed by atoms with E-state index in [2.05, 4.69) is 10.6 Å². The maximum absolute atomic E-state index is 11.9. The molecule has 2 aromatic carbocycles. The number of methoxy groups -OCH3 is 2. The zero-order valence-electron chi connectivity index (χ0n) is 21.1. The van der Waals surface area contributed by atoms with E-state index in [0.717, 1.165) is 11.1 Å². The van der Waals surface area contributed by atoms with Gasteiger partial charge in [-0.1, -0.05) is 24.3 Å². The van der Waals surface area contributed by atoms with Crippen LogP contribution in [0.25, 0.3) is 12.2 Å². The number of carbonyl (C=O) groups excluding carboxylic acids is 3. The lowest BCUT2D eigenvalue weighted by molar-refractivity contribution is -0.120. The van der Waals surface area contributed by atoms with Gasteiger partial charge in [0, 0.05) is 6.07 Å². The molecule has 0 spiro atoms. The van der Waals surface area contributed by atoms with Crippen molar-refractivity contribution >= 4 is 30.3 Å². The van der Waals surface area contributed by atoms with Crippen LogP contribution in [0, 0.1) is 0 Å². The Morgan fingerprint density at radius 2 is 1.44 bits per heavy atom. The molecule has 0 aliphatic rings. The fourth-order valence-corrected chi connectivity index (χ4v) is 2.74. The average molecular weight is 501 g/mol. The van der Waals surface area contributed by atoms with Gasteiger partial charge < -0.3 is 34.3 Å². The van der Waals surface area contributed by atoms with Gasteiger partial charge in [0.2, 0.25) is 5.91 Å². The summed E-state index contributed by atoms with van der Waals surface area (Å²) >= 11 is 0. The molecule has 10 heteroatoms. The lowest BCUT2D eigenvalue weighted by Gasteiger charge is -2.19. The van der Waals surface area contributed by atoms with Crippen LogP contribution in [0.4, 0.5) is 9.59 Å². The van der Waals surface area contributed by atoms with Crippen molar-refractivity contribution in [1.82, 2.24) is 10.6 Å². The topological polar surface area (TPSA) is 121 Å². The standard InChI is InChI=1S/C26H32N2O8/c1-26(2,3)36-24(30)28-17-23(29)27-12-13-34-25(31)35-20-10-8-18(9-11-20)6-7-19-14-21(32-4)16-22(15-19)33-5/h6-11,14-16H,12-13,17H2,1-5H3,(H,27,29)(H,28,30)/b7-6+. The van der Waals surface area contributed by atoms with Gasteiger partial charge in [0.05, 0.1) is 27.3 Å². The number of rotatable bonds is 10. The van der Waals surface area contributed by atoms with Crippen molar-refractivity contribution in [3.05, 3.63) is 53.6 Å². The van der Waals surface area contributed by atoms with Crippen molar-refractivity contribution in [2.24, 2.45) is 0 Å². The van der Waals surface area contributed by atoms with Gasteiger partial charge in [-0.05, 0) is 56.2 Å². The Labute approximate surface area is 210 Å². The molecule has 36 heavy (non-hydrogen) atoms. The van der Waals surface area contributed by atoms with Crippen LogP contribution >= 0.6 is 0 Å². The molecule has 0 saturated carbocycles. The normalized spacial score (nSPS) is 10.9. The highest BCUT2D eigenvalue weighted by atomic mass is 16.7. The van der Waals surface area contributed by atoms with Gasteiger partial charge in [0.1, 0.15) is 29.5 Å². The van der Waals surface area contributed by atoms with Crippen LogP contribution in [0.2, 0.25) is 0 Å². The number of carbonyl (C=O) groups is 3. The maximum Gasteiger partial charge on any atom is 0.513 e. The van der Waals surface area contributed by atoms with Gasteiger partial charge in [-0.25, -0.2) is 9.59 Å². The van der Waals surface area contributed by atoms with E-state index in [1.165, 1.54) is 0 Å². The van der Waals surface area contributed by atoms with E-state index in [0.29, 0.717) is 17.2 Å². The maximum atomic E-state index is 11.9. The number of hydrogen-bond donors (Lipinski definition) is 2. The third kappa shape index (κ3) is 10.8. The van der Waals surface area contributed by atoms with E-state index in [4.69, 9.17) is 23.7 Å². The van der Waals surface area contributed by atoms with Gasteiger partial charge >= 0.3 is 12.2 Å². The van der Waals surface area contributed by atoms with E-state index in [1.807, 2.05) is 24.3 Å². The molecule has 2 rings (SSSR count). The van der Waals surface area contributed by atoms with Gasteiger partial charge in [0.15, 0.2) is 0 Å². The van der Waals surface area contributed by atoms with Crippen LogP contribution in [0.15, 0.2) is 42.5 Å². The molecule has 0 atom stereocenters. The molecule has 0 bridgehead atoms. The van der Waals surface area contributed by atoms with Crippen molar-refractivity contribution < 1.29 is 38.1 Å². The second-order valence-corrected chi connectivity index (χ2v) is 8.45. The molecule has 2 N–H and O–H groups in total. The highest BCUT2D eigenvalue weighted by Gasteiger charge is 2.16. The summed E-state index contributed by atoms with van der Waals surface area (Å²) in [7, 11) is 3.18. The molecule has 0 aliphatic heterocycles. The SMILES string of the molecule is COc1cc(/C=C/c2ccc(OC(=O)OCCNC(=O)CNC(=O)OC(C)(C)C)cc2)cc(OC)c1. The molecule has 0 radical (unpaired) electrons. The summed E-state index contributed by atoms with van der Waals surface area (Å²) in [6.45, 7) is 4.86. The first kappa shape index (κ1) is 28.0. The molecule has 0 heterocycles. The van der Waals surface area contributed by atoms with Crippen LogP contribution in [-0.4, -0.2) is 57.7 Å². The van der Waals surface area contributed by atoms with Crippen LogP contribution < -0.4 is 24.8 Å². The minimum absolute atomic E-state index is 0.0583. The van der Waals surface area contributed by atoms with E-state index >= 15 is 0 Å². The number of amides is 2. The van der Waals surface area contributed by atoms with E-state index < -0.39 is 23.8 Å². The van der Waals surface area contributed by atoms with Crippen molar-refractivity contribution in [3.8, 4) is 17.2 Å². The Hall–Kier alpha value is -4.21. The minimum atomic E-state index is -0.900. The first-order valence-corrected chi connectivity index (χ1v) is 11.2. The average Bonchev–Trinajstić information content (AvgIpc) is 2.83. The molecular formula is C26H32N2O8. The second kappa shape index (κ2) is 13.6. The monoisotopic (exact) mass is 500 g/mol. The molecule has 2 amide bonds. The van der Waals surface area contributed by atoms with E-state index in [9.17, 15) is 14.4 Å². The number of hydrogen-bond acceptors (Lipinski definition) is 8. The molecule has 0 unspecified atom stereocenters. The van der Waals surface area contributed by atoms with Crippen molar-refractivity contribution in [1.29, 1.82) is 0 Å². The van der Waals surface area contributed by atoms with Gasteiger partial charge in [0.25, 0.3) is 0 Å². The molecule has 0 fully saturated rings. The van der Waals surface area contributed by atoms with Crippen LogP contribution in [0.5, 0.6) is 17.2 Å². The Kier molecular flexibility index (Phi) is 10.6. The largest absolute Gasteiger partial charge is 0.513 e. The summed E-state index contributed by atoms with van der Waals surface area (Å²) in [5, 5.41) is 4.84. The van der Waals surface area contributed by atoms with Gasteiger partial charge in [-0.3, -0.25) is 4.79 Å². The Bertz CT molecular complexity index is 1040. The lowest BCUT2D eigenvalue weighted by atomic mass is 10.1. The Morgan fingerprint density at radius 1 is 0.833 bits per heavy atom. The first-order chi connectivity index (χ1) is 17.1. The molecule has 0 aromatic heterocycles. The fraction of sp³-hybridized carbons (Fsp3) is 0.346. The zero-order valence-corrected chi connectivity index (χ0v) is 21.1. The third-order valence-electron chi connectivity index (χ3n) is 4.36. The third-order valence-corrected chi connectivity index (χ3v) is 4.36. The summed E-state index contributed by atoms with van der Waals surface area (Å²) in [6.07, 6.45) is 2.21. The molecule has 0 aliphatic carbocycles. The van der Waals surface area contributed by atoms with Crippen LogP contribution in [0.1, 0.15) is 31.9 Å². The summed E-state index contributed by atoms with van der Waals surface area (Å²) in [6, 6.07) is 12.4. The number of nitrogens with one attached hydrogen (secondary N) is 2. The predicted octanol–water partition coefficient (Wildman–Crippen LogP) is 4.03. The summed E-state index contributed by atoms with van der Waals surface area (Å²) in [5.74, 6) is 1.24. The summed E-state index contributed by atoms with van der Waals surface area (Å²) < 4.78 is 25.6. The second-order valence-electron chi connectivity index (χ2n) is 8.45. The van der Waals surface area contributed by atoms with E-state index in [-0.39, 0.29) is 19.7 Å². The Morgan fingerprint density at radius 3 is 2.03 bits per heavy atom. The predicted molar refractivity (Wildman–Crippen MR) is 134 cm³/mol. The number of alkyl carbamates (subject to hydrolysis) is 1. The van der Waals surface area contributed by atoms with Crippen molar-refractivity contribution in [2.45, 2.75) is 26.4 Å². The number of benzene rings is 2. The lowest BCUT2D eigenvalue weighted by Crippen LogP contribution is -2.40. The first-order valence-electron chi connectivity index (χ1n) is 11.2. The highest BCUT2D eigenvalue weighted by molar-refractivity contribution is 5.82. The van der Waals surface area contributed by atoms with Crippen molar-refractivity contribution in [3.63, 3.8) is 0 Å². The molecule has 10 nitrogen and oxygen atoms in total. The summed E-state index contributed by atoms with van der Waals surface area (Å²) in [4.78, 5) is 35.1. The molecule has 0 saturated heterocycles. The van der Waals surface area contributed by atoms with Gasteiger partial charge in [-0.15, -0.1) is 0 Å². The fourth-order valence-electron chi connectivity index (χ4n) is 2.74. The number of ether oxygens (including phenoxy) is 5. The zero-order chi connectivity index (χ0) is 26.6. The molecule has 2 aromatic rings. The van der Waals surface area contributed by atoms with Gasteiger partial charge in [-0.2, -0.15) is 0 Å². The quantitative estimate of drug-likeness (QED) is 0.217. The van der Waals surface area contributed by atoms with Crippen LogP contribution in [0.3, 0.4) is 0 Å². The van der Waals surface area contributed by atoms with Crippen molar-refractivity contribution in [2.75, 3.05) is 33.9 Å². The summed E-state index contributed by atoms with van der Waals surface area (Å²) in [5.41, 5.74) is 1.14. The highest BCUT2D eigenvalue weighted by Crippen LogP contribution is 2.24. The Balaban J connectivity index is 1.71. The van der Waals surface area contributed by atoms with E-state index in [1.54, 1.807) is 65.3 Å². The molecular weight excluding hydrogens is 468 g/mol.